The third-order valence-electron chi connectivity index (χ3n) is 6.87. The number of rotatable bonds is 7. The summed E-state index contributed by atoms with van der Waals surface area (Å²) in [5, 5.41) is 3.97. The molecule has 3 aromatic heterocycles. The predicted octanol–water partition coefficient (Wildman–Crippen LogP) is 4.90. The van der Waals surface area contributed by atoms with Crippen LogP contribution in [0.5, 0.6) is 0 Å². The molecule has 8 nitrogen and oxygen atoms in total. The number of hydrogen-bond acceptors (Lipinski definition) is 8. The summed E-state index contributed by atoms with van der Waals surface area (Å²) in [5.41, 5.74) is -2.50. The highest BCUT2D eigenvalue weighted by Crippen LogP contribution is 2.37. The summed E-state index contributed by atoms with van der Waals surface area (Å²) in [6.07, 6.45) is 6.06. The highest BCUT2D eigenvalue weighted by atomic mass is 32.2. The first-order chi connectivity index (χ1) is 18.8. The number of benzene rings is 1. The van der Waals surface area contributed by atoms with E-state index >= 15 is 0 Å². The van der Waals surface area contributed by atoms with Crippen LogP contribution >= 0.6 is 11.8 Å². The summed E-state index contributed by atoms with van der Waals surface area (Å²) < 4.78 is 44.8. The van der Waals surface area contributed by atoms with E-state index in [4.69, 9.17) is 4.52 Å². The lowest BCUT2D eigenvalue weighted by atomic mass is 10.2. The number of thioether (sulfide) groups is 1. The van der Waals surface area contributed by atoms with E-state index in [0.29, 0.717) is 17.7 Å². The van der Waals surface area contributed by atoms with Gasteiger partial charge in [-0.2, -0.15) is 18.2 Å². The van der Waals surface area contributed by atoms with Gasteiger partial charge in [-0.05, 0) is 72.6 Å². The Balaban J connectivity index is 1.16. The van der Waals surface area contributed by atoms with Crippen LogP contribution in [-0.2, 0) is 6.54 Å². The molecule has 0 atom stereocenters. The van der Waals surface area contributed by atoms with Crippen molar-refractivity contribution in [1.29, 1.82) is 0 Å². The molecule has 0 spiro atoms. The van der Waals surface area contributed by atoms with Crippen molar-refractivity contribution in [3.63, 3.8) is 0 Å². The number of anilines is 1. The summed E-state index contributed by atoms with van der Waals surface area (Å²) in [7, 11) is 0. The summed E-state index contributed by atoms with van der Waals surface area (Å²) in [4.78, 5) is 26.5. The topological polar surface area (TPSA) is 80.3 Å². The van der Waals surface area contributed by atoms with Crippen molar-refractivity contribution in [3.8, 4) is 22.8 Å². The maximum absolute atomic E-state index is 12.6. The van der Waals surface area contributed by atoms with Crippen LogP contribution in [0.3, 0.4) is 0 Å². The molecule has 0 bridgehead atoms. The zero-order chi connectivity index (χ0) is 27.0. The predicted molar refractivity (Wildman–Crippen MR) is 141 cm³/mol. The molecule has 6 rings (SSSR count). The molecule has 4 heterocycles. The Morgan fingerprint density at radius 3 is 2.44 bits per heavy atom. The number of alkyl halides is 3. The number of nitrogens with zero attached hydrogens (tertiary/aromatic N) is 6. The van der Waals surface area contributed by atoms with Gasteiger partial charge in [0.1, 0.15) is 5.82 Å². The molecule has 39 heavy (non-hydrogen) atoms. The monoisotopic (exact) mass is 554 g/mol. The van der Waals surface area contributed by atoms with Gasteiger partial charge in [0.2, 0.25) is 5.82 Å². The molecule has 0 unspecified atom stereocenters. The normalized spacial score (nSPS) is 16.5. The molecule has 12 heteroatoms. The molecule has 1 aliphatic carbocycles. The van der Waals surface area contributed by atoms with Crippen LogP contribution in [0.15, 0.2) is 75.1 Å². The summed E-state index contributed by atoms with van der Waals surface area (Å²) in [6, 6.07) is 13.5. The Morgan fingerprint density at radius 1 is 0.974 bits per heavy atom. The lowest BCUT2D eigenvalue weighted by Crippen LogP contribution is -2.47. The van der Waals surface area contributed by atoms with Crippen LogP contribution in [0, 0.1) is 0 Å². The van der Waals surface area contributed by atoms with E-state index in [1.165, 1.54) is 43.2 Å². The van der Waals surface area contributed by atoms with Gasteiger partial charge in [0.05, 0.1) is 12.1 Å². The van der Waals surface area contributed by atoms with Gasteiger partial charge in [-0.3, -0.25) is 9.69 Å². The maximum Gasteiger partial charge on any atom is 0.446 e. The Morgan fingerprint density at radius 2 is 1.72 bits per heavy atom. The van der Waals surface area contributed by atoms with E-state index in [9.17, 15) is 18.0 Å². The van der Waals surface area contributed by atoms with Crippen molar-refractivity contribution in [2.45, 2.75) is 35.8 Å². The molecule has 0 radical (unpaired) electrons. The number of piperazine rings is 1. The average Bonchev–Trinajstić information content (AvgIpc) is 3.66. The van der Waals surface area contributed by atoms with E-state index in [-0.39, 0.29) is 33.9 Å². The van der Waals surface area contributed by atoms with E-state index < -0.39 is 5.51 Å². The second-order valence-electron chi connectivity index (χ2n) is 9.66. The van der Waals surface area contributed by atoms with Gasteiger partial charge in [0.25, 0.3) is 11.4 Å². The zero-order valence-electron chi connectivity index (χ0n) is 20.8. The molecule has 2 aliphatic rings. The fraction of sp³-hybridized carbons (Fsp3) is 0.333. The van der Waals surface area contributed by atoms with Gasteiger partial charge < -0.3 is 14.0 Å². The van der Waals surface area contributed by atoms with Gasteiger partial charge in [-0.25, -0.2) is 4.98 Å². The van der Waals surface area contributed by atoms with Crippen molar-refractivity contribution in [2.75, 3.05) is 31.1 Å². The van der Waals surface area contributed by atoms with Crippen LogP contribution in [0.25, 0.3) is 22.8 Å². The first kappa shape index (κ1) is 25.6. The molecule has 2 fully saturated rings. The second-order valence-corrected chi connectivity index (χ2v) is 10.8. The molecule has 1 saturated carbocycles. The molecular weight excluding hydrogens is 529 g/mol. The minimum absolute atomic E-state index is 0.0711. The van der Waals surface area contributed by atoms with Crippen molar-refractivity contribution < 1.29 is 17.7 Å². The standard InChI is InChI=1S/C27H25F3N6O2S/c28-27(29,30)39-22-6-1-19(2-7-22)25-32-26(38-33-25)20-3-8-24(37)36(17-20)16-18-9-10-31-23(15-18)35-13-11-34(12-14-35)21-4-5-21/h1-3,6-10,15,17,21H,4-5,11-14,16H2. The molecule has 1 aliphatic heterocycles. The maximum atomic E-state index is 12.6. The molecule has 1 saturated heterocycles. The SMILES string of the molecule is O=c1ccc(-c2nc(-c3ccc(SC(F)(F)F)cc3)no2)cn1Cc1ccnc(N2CCN(C3CC3)CC2)c1. The number of hydrogen-bond donors (Lipinski definition) is 0. The minimum Gasteiger partial charge on any atom is -0.354 e. The largest absolute Gasteiger partial charge is 0.446 e. The Labute approximate surface area is 226 Å². The van der Waals surface area contributed by atoms with Gasteiger partial charge in [0.15, 0.2) is 0 Å². The van der Waals surface area contributed by atoms with Crippen molar-refractivity contribution in [1.82, 2.24) is 24.6 Å². The Bertz CT molecular complexity index is 1510. The first-order valence-corrected chi connectivity index (χ1v) is 13.5. The third kappa shape index (κ3) is 6.17. The van der Waals surface area contributed by atoms with Crippen LogP contribution in [0.4, 0.5) is 19.0 Å². The molecule has 0 N–H and O–H groups in total. The molecule has 202 valence electrons. The smallest absolute Gasteiger partial charge is 0.354 e. The fourth-order valence-electron chi connectivity index (χ4n) is 4.73. The Hall–Kier alpha value is -3.64. The van der Waals surface area contributed by atoms with Crippen molar-refractivity contribution in [3.05, 3.63) is 76.8 Å². The van der Waals surface area contributed by atoms with Crippen LogP contribution in [0.1, 0.15) is 18.4 Å². The zero-order valence-corrected chi connectivity index (χ0v) is 21.7. The fourth-order valence-corrected chi connectivity index (χ4v) is 5.27. The van der Waals surface area contributed by atoms with Gasteiger partial charge in [-0.1, -0.05) is 5.16 Å². The van der Waals surface area contributed by atoms with E-state index in [2.05, 4.69) is 24.9 Å². The Kier molecular flexibility index (Phi) is 6.90. The van der Waals surface area contributed by atoms with Crippen molar-refractivity contribution in [2.24, 2.45) is 0 Å². The van der Waals surface area contributed by atoms with Gasteiger partial charge >= 0.3 is 5.51 Å². The summed E-state index contributed by atoms with van der Waals surface area (Å²) >= 11 is -0.183. The van der Waals surface area contributed by atoms with Crippen LogP contribution < -0.4 is 10.5 Å². The highest BCUT2D eigenvalue weighted by Gasteiger charge is 2.31. The molecule has 0 amide bonds. The van der Waals surface area contributed by atoms with Crippen molar-refractivity contribution >= 4 is 17.6 Å². The number of halogens is 3. The lowest BCUT2D eigenvalue weighted by molar-refractivity contribution is -0.0328. The van der Waals surface area contributed by atoms with Crippen LogP contribution in [-0.4, -0.2) is 62.3 Å². The van der Waals surface area contributed by atoms with E-state index in [1.54, 1.807) is 23.0 Å². The molecular formula is C27H25F3N6O2S. The van der Waals surface area contributed by atoms with Gasteiger partial charge in [-0.15, -0.1) is 0 Å². The first-order valence-electron chi connectivity index (χ1n) is 12.7. The molecule has 1 aromatic carbocycles. The summed E-state index contributed by atoms with van der Waals surface area (Å²) in [6.45, 7) is 4.31. The minimum atomic E-state index is -4.35. The van der Waals surface area contributed by atoms with E-state index in [0.717, 1.165) is 43.6 Å². The second kappa shape index (κ2) is 10.5. The van der Waals surface area contributed by atoms with E-state index in [1.807, 2.05) is 12.1 Å². The summed E-state index contributed by atoms with van der Waals surface area (Å²) in [5.74, 6) is 1.36. The number of aromatic nitrogens is 4. The average molecular weight is 555 g/mol. The highest BCUT2D eigenvalue weighted by molar-refractivity contribution is 8.00. The van der Waals surface area contributed by atoms with Gasteiger partial charge in [0, 0.05) is 61.1 Å². The molecule has 4 aromatic rings. The van der Waals surface area contributed by atoms with Crippen LogP contribution in [0.2, 0.25) is 0 Å². The lowest BCUT2D eigenvalue weighted by Gasteiger charge is -2.35. The quantitative estimate of drug-likeness (QED) is 0.299. The third-order valence-corrected chi connectivity index (χ3v) is 7.61. The number of pyridine rings is 2.